The van der Waals surface area contributed by atoms with Crippen LogP contribution < -0.4 is 21.3 Å². The van der Waals surface area contributed by atoms with Crippen molar-refractivity contribution < 1.29 is 18.3 Å². The molecule has 3 rings (SSSR count). The number of rotatable bonds is 11. The highest BCUT2D eigenvalue weighted by molar-refractivity contribution is 7.91. The zero-order valence-corrected chi connectivity index (χ0v) is 20.4. The van der Waals surface area contributed by atoms with Crippen LogP contribution in [-0.4, -0.2) is 54.6 Å². The number of carbonyl (C=O) groups excluding carboxylic acids is 1. The minimum absolute atomic E-state index is 0.140. The minimum Gasteiger partial charge on any atom is -0.394 e. The average molecular weight is 504 g/mol. The molecule has 1 aliphatic rings. The van der Waals surface area contributed by atoms with Gasteiger partial charge in [0.05, 0.1) is 24.2 Å². The lowest BCUT2D eigenvalue weighted by molar-refractivity contribution is -0.122. The number of nitrogens with one attached hydrogen (secondary N) is 2. The molecule has 1 fully saturated rings. The van der Waals surface area contributed by atoms with Gasteiger partial charge in [-0.1, -0.05) is 36.9 Å². The number of nitrogens with zero attached hydrogens (tertiary/aromatic N) is 2. The number of benzene rings is 1. The first-order valence-corrected chi connectivity index (χ1v) is 13.2. The Morgan fingerprint density at radius 3 is 2.66 bits per heavy atom. The zero-order chi connectivity index (χ0) is 25.4. The number of aliphatic hydroxyl groups is 1. The molecule has 1 aliphatic heterocycles. The topological polar surface area (TPSA) is 147 Å². The zero-order valence-electron chi connectivity index (χ0n) is 19.6. The van der Waals surface area contributed by atoms with Crippen LogP contribution in [-0.2, 0) is 27.1 Å². The van der Waals surface area contributed by atoms with Gasteiger partial charge in [-0.3, -0.25) is 14.3 Å². The monoisotopic (exact) mass is 503 g/mol. The van der Waals surface area contributed by atoms with E-state index in [9.17, 15) is 23.1 Å². The van der Waals surface area contributed by atoms with Crippen molar-refractivity contribution in [3.63, 3.8) is 0 Å². The number of hydrogen-bond acceptors (Lipinski definition) is 7. The van der Waals surface area contributed by atoms with Gasteiger partial charge in [0.25, 0.3) is 5.56 Å². The highest BCUT2D eigenvalue weighted by Crippen LogP contribution is 2.22. The van der Waals surface area contributed by atoms with Gasteiger partial charge < -0.3 is 25.6 Å². The fraction of sp³-hybridized carbons (Fsp3) is 0.417. The lowest BCUT2D eigenvalue weighted by atomic mass is 9.91. The van der Waals surface area contributed by atoms with Crippen LogP contribution in [0.3, 0.4) is 0 Å². The van der Waals surface area contributed by atoms with Crippen molar-refractivity contribution in [2.75, 3.05) is 24.4 Å². The maximum atomic E-state index is 12.8. The third-order valence-corrected chi connectivity index (χ3v) is 7.17. The molecule has 1 amide bonds. The Morgan fingerprint density at radius 2 is 1.97 bits per heavy atom. The number of aromatic nitrogens is 1. The van der Waals surface area contributed by atoms with Crippen molar-refractivity contribution in [2.45, 2.75) is 37.6 Å². The van der Waals surface area contributed by atoms with E-state index in [1.54, 1.807) is 30.3 Å². The summed E-state index contributed by atoms with van der Waals surface area (Å²) in [6.07, 6.45) is 3.90. The summed E-state index contributed by atoms with van der Waals surface area (Å²) in [6, 6.07) is 11.0. The van der Waals surface area contributed by atoms with Crippen molar-refractivity contribution in [3.05, 3.63) is 77.0 Å². The Morgan fingerprint density at radius 1 is 1.23 bits per heavy atom. The molecule has 0 radical (unpaired) electrons. The number of likely N-dealkylation sites (tertiary alicyclic amines) is 1. The number of sulfonamides is 1. The summed E-state index contributed by atoms with van der Waals surface area (Å²) in [7, 11) is -3.82. The third kappa shape index (κ3) is 7.86. The number of amides is 1. The summed E-state index contributed by atoms with van der Waals surface area (Å²) < 4.78 is 28.5. The molecule has 2 atom stereocenters. The first-order chi connectivity index (χ1) is 16.7. The first kappa shape index (κ1) is 26.3. The number of carbonyl (C=O) groups is 1. The summed E-state index contributed by atoms with van der Waals surface area (Å²) in [4.78, 5) is 27.4. The quantitative estimate of drug-likeness (QED) is 0.355. The Hall–Kier alpha value is -3.31. The standard InChI is InChI=1S/C24H33N5O5S/c1-18(25)28-11-5-9-20(14-28)13-21(16-30)26-23(31)15-29-12-6-10-22(24(29)32)27-35(33,34)17-19-7-3-2-4-8-19/h2-4,6-8,10,12,20-21,27,30H,1,5,9,11,13-17,25H2,(H,26,31). The Labute approximate surface area is 205 Å². The highest BCUT2D eigenvalue weighted by Gasteiger charge is 2.24. The predicted molar refractivity (Wildman–Crippen MR) is 135 cm³/mol. The van der Waals surface area contributed by atoms with Crippen molar-refractivity contribution in [1.82, 2.24) is 14.8 Å². The number of nitrogens with two attached hydrogens (primary N) is 1. The minimum atomic E-state index is -3.82. The number of hydrogen-bond donors (Lipinski definition) is 4. The molecule has 0 spiro atoms. The van der Waals surface area contributed by atoms with Crippen molar-refractivity contribution in [2.24, 2.45) is 11.7 Å². The van der Waals surface area contributed by atoms with Gasteiger partial charge >= 0.3 is 0 Å². The smallest absolute Gasteiger partial charge is 0.275 e. The van der Waals surface area contributed by atoms with Gasteiger partial charge in [-0.15, -0.1) is 0 Å². The van der Waals surface area contributed by atoms with Gasteiger partial charge in [-0.05, 0) is 42.9 Å². The summed E-state index contributed by atoms with van der Waals surface area (Å²) in [5.41, 5.74) is 5.61. The van der Waals surface area contributed by atoms with E-state index < -0.39 is 27.5 Å². The molecule has 0 aliphatic carbocycles. The van der Waals surface area contributed by atoms with E-state index in [-0.39, 0.29) is 30.5 Å². The molecule has 1 aromatic carbocycles. The lowest BCUT2D eigenvalue weighted by Gasteiger charge is -2.35. The molecule has 5 N–H and O–H groups in total. The van der Waals surface area contributed by atoms with Crippen LogP contribution in [0.4, 0.5) is 5.69 Å². The molecule has 1 aromatic heterocycles. The van der Waals surface area contributed by atoms with Crippen LogP contribution in [0.2, 0.25) is 0 Å². The summed E-state index contributed by atoms with van der Waals surface area (Å²) in [6.45, 7) is 4.79. The molecule has 35 heavy (non-hydrogen) atoms. The van der Waals surface area contributed by atoms with Gasteiger partial charge in [0, 0.05) is 19.3 Å². The normalized spacial score (nSPS) is 16.9. The van der Waals surface area contributed by atoms with E-state index in [1.165, 1.54) is 18.3 Å². The fourth-order valence-corrected chi connectivity index (χ4v) is 5.46. The Balaban J connectivity index is 1.60. The van der Waals surface area contributed by atoms with Crippen molar-refractivity contribution in [1.29, 1.82) is 0 Å². The number of pyridine rings is 1. The summed E-state index contributed by atoms with van der Waals surface area (Å²) >= 11 is 0. The van der Waals surface area contributed by atoms with Crippen LogP contribution in [0.15, 0.2) is 65.9 Å². The average Bonchev–Trinajstić information content (AvgIpc) is 2.81. The van der Waals surface area contributed by atoms with Gasteiger partial charge in [-0.2, -0.15) is 0 Å². The molecular formula is C24H33N5O5S. The Kier molecular flexibility index (Phi) is 8.94. The van der Waals surface area contributed by atoms with E-state index in [1.807, 2.05) is 4.90 Å². The van der Waals surface area contributed by atoms with E-state index >= 15 is 0 Å². The fourth-order valence-electron chi connectivity index (χ4n) is 4.26. The van der Waals surface area contributed by atoms with Crippen LogP contribution in [0, 0.1) is 5.92 Å². The number of piperidine rings is 1. The molecule has 2 unspecified atom stereocenters. The predicted octanol–water partition coefficient (Wildman–Crippen LogP) is 0.799. The maximum absolute atomic E-state index is 12.8. The molecule has 0 bridgehead atoms. The molecule has 10 nitrogen and oxygen atoms in total. The second-order valence-corrected chi connectivity index (χ2v) is 10.6. The van der Waals surface area contributed by atoms with Crippen LogP contribution in [0.5, 0.6) is 0 Å². The third-order valence-electron chi connectivity index (χ3n) is 5.93. The van der Waals surface area contributed by atoms with Crippen molar-refractivity contribution >= 4 is 21.6 Å². The molecule has 190 valence electrons. The molecule has 11 heteroatoms. The van der Waals surface area contributed by atoms with E-state index in [0.29, 0.717) is 24.4 Å². The number of aliphatic hydroxyl groups excluding tert-OH is 1. The molecule has 2 heterocycles. The summed E-state index contributed by atoms with van der Waals surface area (Å²) in [5, 5.41) is 12.6. The first-order valence-electron chi connectivity index (χ1n) is 11.5. The SMILES string of the molecule is C=C(N)N1CCCC(CC(CO)NC(=O)Cn2cccc(NS(=O)(=O)Cc3ccccc3)c2=O)C1. The second-order valence-electron chi connectivity index (χ2n) is 8.83. The largest absolute Gasteiger partial charge is 0.394 e. The Bertz CT molecular complexity index is 1180. The van der Waals surface area contributed by atoms with Crippen LogP contribution in [0.25, 0.3) is 0 Å². The molecular weight excluding hydrogens is 470 g/mol. The number of anilines is 1. The van der Waals surface area contributed by atoms with Gasteiger partial charge in [0.1, 0.15) is 12.2 Å². The molecule has 2 aromatic rings. The molecule has 1 saturated heterocycles. The van der Waals surface area contributed by atoms with Gasteiger partial charge in [-0.25, -0.2) is 8.42 Å². The molecule has 0 saturated carbocycles. The van der Waals surface area contributed by atoms with E-state index in [2.05, 4.69) is 16.6 Å². The van der Waals surface area contributed by atoms with Gasteiger partial charge in [0.2, 0.25) is 15.9 Å². The summed E-state index contributed by atoms with van der Waals surface area (Å²) in [5.74, 6) is 0.0209. The van der Waals surface area contributed by atoms with Crippen LogP contribution in [0.1, 0.15) is 24.8 Å². The van der Waals surface area contributed by atoms with E-state index in [0.717, 1.165) is 24.0 Å². The van der Waals surface area contributed by atoms with Crippen molar-refractivity contribution in [3.8, 4) is 0 Å². The van der Waals surface area contributed by atoms with E-state index in [4.69, 9.17) is 5.73 Å². The van der Waals surface area contributed by atoms with Gasteiger partial charge in [0.15, 0.2) is 0 Å². The van der Waals surface area contributed by atoms with Crippen LogP contribution >= 0.6 is 0 Å². The second kappa shape index (κ2) is 11.9. The highest BCUT2D eigenvalue weighted by atomic mass is 32.2. The maximum Gasteiger partial charge on any atom is 0.275 e. The lowest BCUT2D eigenvalue weighted by Crippen LogP contribution is -2.44.